The Bertz CT molecular complexity index is 315. The van der Waals surface area contributed by atoms with Crippen molar-refractivity contribution in [2.24, 2.45) is 5.92 Å². The molecule has 80 valence electrons. The van der Waals surface area contributed by atoms with Crippen molar-refractivity contribution >= 4 is 0 Å². The first-order valence-corrected chi connectivity index (χ1v) is 5.77. The summed E-state index contributed by atoms with van der Waals surface area (Å²) in [5.74, 6) is 0.301. The maximum atomic E-state index is 10.2. The summed E-state index contributed by atoms with van der Waals surface area (Å²) in [5.41, 5.74) is 1.04. The van der Waals surface area contributed by atoms with E-state index >= 15 is 0 Å². The van der Waals surface area contributed by atoms with Crippen molar-refractivity contribution < 1.29 is 5.11 Å². The monoisotopic (exact) mass is 202 g/mol. The lowest BCUT2D eigenvalue weighted by Crippen LogP contribution is -2.09. The van der Waals surface area contributed by atoms with Crippen LogP contribution in [0, 0.1) is 5.92 Å². The van der Waals surface area contributed by atoms with E-state index in [9.17, 15) is 5.11 Å². The first kappa shape index (κ1) is 10.4. The van der Waals surface area contributed by atoms with Crippen molar-refractivity contribution in [2.45, 2.75) is 31.8 Å². The van der Waals surface area contributed by atoms with Crippen LogP contribution >= 0.6 is 0 Å². The van der Waals surface area contributed by atoms with E-state index in [1.165, 1.54) is 12.8 Å². The lowest BCUT2D eigenvalue weighted by molar-refractivity contribution is 0.126. The van der Waals surface area contributed by atoms with E-state index in [1.807, 2.05) is 30.3 Å². The smallest absolute Gasteiger partial charge is 0.0852 e. The molecule has 1 N–H and O–H groups in total. The zero-order chi connectivity index (χ0) is 10.5. The molecule has 0 bridgehead atoms. The molecule has 0 saturated heterocycles. The third-order valence-electron chi connectivity index (χ3n) is 3.09. The average Bonchev–Trinajstić information content (AvgIpc) is 2.58. The topological polar surface area (TPSA) is 20.2 Å². The van der Waals surface area contributed by atoms with Crippen molar-refractivity contribution in [3.63, 3.8) is 0 Å². The lowest BCUT2D eigenvalue weighted by Gasteiger charge is -2.19. The van der Waals surface area contributed by atoms with Gasteiger partial charge in [-0.3, -0.25) is 0 Å². The molecular weight excluding hydrogens is 184 g/mol. The van der Waals surface area contributed by atoms with Crippen molar-refractivity contribution in [2.75, 3.05) is 0 Å². The zero-order valence-electron chi connectivity index (χ0n) is 8.97. The van der Waals surface area contributed by atoms with Gasteiger partial charge >= 0.3 is 0 Å². The van der Waals surface area contributed by atoms with Crippen LogP contribution in [0.5, 0.6) is 0 Å². The van der Waals surface area contributed by atoms with Gasteiger partial charge in [0.1, 0.15) is 0 Å². The number of hydrogen-bond acceptors (Lipinski definition) is 1. The highest BCUT2D eigenvalue weighted by Gasteiger charge is 2.18. The van der Waals surface area contributed by atoms with E-state index in [2.05, 4.69) is 12.2 Å². The number of aliphatic hydroxyl groups is 1. The van der Waals surface area contributed by atoms with E-state index in [0.717, 1.165) is 18.4 Å². The second kappa shape index (κ2) is 5.13. The van der Waals surface area contributed by atoms with Gasteiger partial charge in [0, 0.05) is 5.92 Å². The molecule has 1 aliphatic rings. The number of hydrogen-bond donors (Lipinski definition) is 1. The minimum absolute atomic E-state index is 0.301. The van der Waals surface area contributed by atoms with Gasteiger partial charge in [0.05, 0.1) is 6.10 Å². The predicted molar refractivity (Wildman–Crippen MR) is 62.5 cm³/mol. The highest BCUT2D eigenvalue weighted by atomic mass is 16.3. The highest BCUT2D eigenvalue weighted by Crippen LogP contribution is 2.29. The fourth-order valence-electron chi connectivity index (χ4n) is 2.17. The summed E-state index contributed by atoms with van der Waals surface area (Å²) in [5, 5.41) is 10.2. The van der Waals surface area contributed by atoms with E-state index in [4.69, 9.17) is 0 Å². The van der Waals surface area contributed by atoms with Crippen LogP contribution in [0.25, 0.3) is 0 Å². The molecule has 2 atom stereocenters. The molecule has 0 fully saturated rings. The maximum Gasteiger partial charge on any atom is 0.0852 e. The first-order chi connectivity index (χ1) is 7.38. The summed E-state index contributed by atoms with van der Waals surface area (Å²) in [6.45, 7) is 0. The third-order valence-corrected chi connectivity index (χ3v) is 3.09. The van der Waals surface area contributed by atoms with Crippen LogP contribution in [0.2, 0.25) is 0 Å². The van der Waals surface area contributed by atoms with E-state index in [0.29, 0.717) is 5.92 Å². The van der Waals surface area contributed by atoms with Gasteiger partial charge < -0.3 is 5.11 Å². The number of rotatable bonds is 2. The van der Waals surface area contributed by atoms with Crippen molar-refractivity contribution in [1.82, 2.24) is 0 Å². The summed E-state index contributed by atoms with van der Waals surface area (Å²) < 4.78 is 0. The lowest BCUT2D eigenvalue weighted by atomic mass is 9.92. The fraction of sp³-hybridized carbons (Fsp3) is 0.429. The number of aliphatic hydroxyl groups excluding tert-OH is 1. The fourth-order valence-corrected chi connectivity index (χ4v) is 2.17. The number of benzene rings is 1. The van der Waals surface area contributed by atoms with Crippen LogP contribution in [-0.2, 0) is 0 Å². The molecule has 0 heterocycles. The van der Waals surface area contributed by atoms with Gasteiger partial charge in [-0.25, -0.2) is 0 Å². The minimum Gasteiger partial charge on any atom is -0.388 e. The molecule has 0 amide bonds. The zero-order valence-corrected chi connectivity index (χ0v) is 8.97. The molecule has 2 rings (SSSR count). The summed E-state index contributed by atoms with van der Waals surface area (Å²) in [6.07, 6.45) is 8.82. The van der Waals surface area contributed by atoms with Crippen LogP contribution in [0.1, 0.15) is 37.4 Å². The van der Waals surface area contributed by atoms with Gasteiger partial charge in [-0.1, -0.05) is 48.9 Å². The van der Waals surface area contributed by atoms with Gasteiger partial charge in [-0.15, -0.1) is 0 Å². The van der Waals surface area contributed by atoms with Gasteiger partial charge in [0.2, 0.25) is 0 Å². The summed E-state index contributed by atoms with van der Waals surface area (Å²) >= 11 is 0. The Morgan fingerprint density at radius 3 is 2.73 bits per heavy atom. The van der Waals surface area contributed by atoms with Crippen LogP contribution < -0.4 is 0 Å². The molecule has 1 heteroatoms. The number of allylic oxidation sites excluding steroid dienone is 1. The van der Waals surface area contributed by atoms with Gasteiger partial charge in [-0.2, -0.15) is 0 Å². The van der Waals surface area contributed by atoms with Gasteiger partial charge in [0.25, 0.3) is 0 Å². The predicted octanol–water partition coefficient (Wildman–Crippen LogP) is 3.47. The minimum atomic E-state index is -0.333. The normalized spacial score (nSPS) is 23.4. The second-order valence-electron chi connectivity index (χ2n) is 4.23. The highest BCUT2D eigenvalue weighted by molar-refractivity contribution is 5.19. The Morgan fingerprint density at radius 1 is 1.13 bits per heavy atom. The average molecular weight is 202 g/mol. The molecule has 0 aromatic heterocycles. The SMILES string of the molecule is O[C@@H](c1ccccc1)[C@@H]1C=CCCCC1. The third kappa shape index (κ3) is 2.69. The Labute approximate surface area is 91.4 Å². The maximum absolute atomic E-state index is 10.2. The molecule has 1 nitrogen and oxygen atoms in total. The summed E-state index contributed by atoms with van der Waals surface area (Å²) in [7, 11) is 0. The molecule has 0 radical (unpaired) electrons. The Hall–Kier alpha value is -1.08. The van der Waals surface area contributed by atoms with E-state index < -0.39 is 0 Å². The van der Waals surface area contributed by atoms with Crippen molar-refractivity contribution in [3.05, 3.63) is 48.0 Å². The van der Waals surface area contributed by atoms with Crippen LogP contribution in [0.3, 0.4) is 0 Å². The standard InChI is InChI=1S/C14H18O/c15-14(13-10-6-3-7-11-13)12-8-4-1-2-5-9-12/h3-4,6-8,10-12,14-15H,1-2,5,9H2/t12-,14-/m1/s1. The summed E-state index contributed by atoms with van der Waals surface area (Å²) in [4.78, 5) is 0. The van der Waals surface area contributed by atoms with E-state index in [1.54, 1.807) is 0 Å². The van der Waals surface area contributed by atoms with Crippen molar-refractivity contribution in [3.8, 4) is 0 Å². The molecular formula is C14H18O. The quantitative estimate of drug-likeness (QED) is 0.728. The van der Waals surface area contributed by atoms with E-state index in [-0.39, 0.29) is 6.10 Å². The molecule has 1 aromatic rings. The molecule has 0 aliphatic heterocycles. The van der Waals surface area contributed by atoms with Crippen LogP contribution in [0.15, 0.2) is 42.5 Å². The van der Waals surface area contributed by atoms with Gasteiger partial charge in [0.15, 0.2) is 0 Å². The Morgan fingerprint density at radius 2 is 1.93 bits per heavy atom. The van der Waals surface area contributed by atoms with Crippen LogP contribution in [-0.4, -0.2) is 5.11 Å². The molecule has 1 aliphatic carbocycles. The largest absolute Gasteiger partial charge is 0.388 e. The van der Waals surface area contributed by atoms with Crippen molar-refractivity contribution in [1.29, 1.82) is 0 Å². The Balaban J connectivity index is 2.09. The molecule has 0 spiro atoms. The molecule has 15 heavy (non-hydrogen) atoms. The van der Waals surface area contributed by atoms with Crippen LogP contribution in [0.4, 0.5) is 0 Å². The molecule has 0 unspecified atom stereocenters. The molecule has 0 saturated carbocycles. The second-order valence-corrected chi connectivity index (χ2v) is 4.23. The first-order valence-electron chi connectivity index (χ1n) is 5.77. The molecule has 1 aromatic carbocycles. The van der Waals surface area contributed by atoms with Gasteiger partial charge in [-0.05, 0) is 24.8 Å². The summed E-state index contributed by atoms with van der Waals surface area (Å²) in [6, 6.07) is 9.96. The Kier molecular flexibility index (Phi) is 3.57.